The molecule has 8 heteroatoms. The number of fused-ring (bicyclic) bond motifs is 1. The molecule has 1 aliphatic rings. The van der Waals surface area contributed by atoms with Crippen molar-refractivity contribution in [1.82, 2.24) is 14.8 Å². The van der Waals surface area contributed by atoms with Gasteiger partial charge in [0, 0.05) is 73.6 Å². The molecule has 0 atom stereocenters. The first-order valence-corrected chi connectivity index (χ1v) is 12.2. The maximum Gasteiger partial charge on any atom is 0.244 e. The van der Waals surface area contributed by atoms with E-state index in [-0.39, 0.29) is 11.8 Å². The Hall–Kier alpha value is -3.93. The van der Waals surface area contributed by atoms with E-state index in [4.69, 9.17) is 10.00 Å². The van der Waals surface area contributed by atoms with Crippen molar-refractivity contribution >= 4 is 34.5 Å². The van der Waals surface area contributed by atoms with Crippen molar-refractivity contribution in [2.24, 2.45) is 0 Å². The normalized spacial score (nSPS) is 14.1. The van der Waals surface area contributed by atoms with Gasteiger partial charge in [0.15, 0.2) is 0 Å². The molecule has 0 aliphatic carbocycles. The van der Waals surface area contributed by atoms with Crippen LogP contribution in [0.15, 0.2) is 60.8 Å². The lowest BCUT2D eigenvalue weighted by Gasteiger charge is -2.26. The molecule has 1 saturated heterocycles. The number of hydrogen-bond acceptors (Lipinski definition) is 5. The molecule has 0 spiro atoms. The molecular weight excluding hydrogens is 454 g/mol. The molecule has 3 aromatic rings. The number of aromatic nitrogens is 1. The number of para-hydroxylation sites is 1. The number of morpholine rings is 1. The number of hydrogen-bond donors (Lipinski definition) is 2. The second kappa shape index (κ2) is 12.7. The van der Waals surface area contributed by atoms with Crippen LogP contribution in [-0.4, -0.2) is 54.1 Å². The number of nitrogens with zero attached hydrogens (tertiary/aromatic N) is 3. The van der Waals surface area contributed by atoms with Gasteiger partial charge in [0.25, 0.3) is 0 Å². The Morgan fingerprint density at radius 1 is 1.08 bits per heavy atom. The molecule has 2 amide bonds. The Balaban J connectivity index is 1.29. The van der Waals surface area contributed by atoms with Gasteiger partial charge < -0.3 is 19.9 Å². The lowest BCUT2D eigenvalue weighted by molar-refractivity contribution is -0.117. The van der Waals surface area contributed by atoms with Crippen molar-refractivity contribution in [2.45, 2.75) is 25.9 Å². The maximum atomic E-state index is 12.5. The van der Waals surface area contributed by atoms with Gasteiger partial charge in [-0.1, -0.05) is 30.3 Å². The van der Waals surface area contributed by atoms with Crippen LogP contribution in [0.1, 0.15) is 24.0 Å². The minimum Gasteiger partial charge on any atom is -0.379 e. The highest BCUT2D eigenvalue weighted by Gasteiger charge is 2.12. The van der Waals surface area contributed by atoms with Gasteiger partial charge in [0.1, 0.15) is 0 Å². The summed E-state index contributed by atoms with van der Waals surface area (Å²) in [7, 11) is 0. The molecule has 0 bridgehead atoms. The molecule has 1 aliphatic heterocycles. The van der Waals surface area contributed by atoms with Crippen LogP contribution in [0.4, 0.5) is 5.69 Å². The van der Waals surface area contributed by atoms with E-state index in [0.29, 0.717) is 32.5 Å². The summed E-state index contributed by atoms with van der Waals surface area (Å²) in [6.45, 7) is 4.84. The Bertz CT molecular complexity index is 1270. The first-order valence-electron chi connectivity index (χ1n) is 12.2. The van der Waals surface area contributed by atoms with E-state index in [1.807, 2.05) is 59.3 Å². The fourth-order valence-corrected chi connectivity index (χ4v) is 4.24. The number of anilines is 1. The number of ether oxygens (including phenoxy) is 1. The van der Waals surface area contributed by atoms with E-state index in [2.05, 4.69) is 21.6 Å². The second-order valence-electron chi connectivity index (χ2n) is 8.71. The first kappa shape index (κ1) is 25.2. The molecule has 2 heterocycles. The van der Waals surface area contributed by atoms with Gasteiger partial charge in [0.05, 0.1) is 25.7 Å². The average Bonchev–Trinajstić information content (AvgIpc) is 3.27. The fourth-order valence-electron chi connectivity index (χ4n) is 4.24. The number of carbonyl (C=O) groups is 2. The zero-order chi connectivity index (χ0) is 25.2. The maximum absolute atomic E-state index is 12.5. The zero-order valence-corrected chi connectivity index (χ0v) is 20.3. The van der Waals surface area contributed by atoms with Gasteiger partial charge in [-0.25, -0.2) is 0 Å². The summed E-state index contributed by atoms with van der Waals surface area (Å²) >= 11 is 0. The Morgan fingerprint density at radius 2 is 1.92 bits per heavy atom. The lowest BCUT2D eigenvalue weighted by atomic mass is 10.1. The summed E-state index contributed by atoms with van der Waals surface area (Å²) in [5.74, 6) is -0.233. The number of aryl methyl sites for hydroxylation is 1. The van der Waals surface area contributed by atoms with E-state index in [1.54, 1.807) is 6.08 Å². The molecule has 0 radical (unpaired) electrons. The van der Waals surface area contributed by atoms with E-state index in [9.17, 15) is 9.59 Å². The van der Waals surface area contributed by atoms with E-state index >= 15 is 0 Å². The van der Waals surface area contributed by atoms with Crippen molar-refractivity contribution in [3.8, 4) is 6.07 Å². The molecule has 186 valence electrons. The number of amides is 2. The van der Waals surface area contributed by atoms with Gasteiger partial charge >= 0.3 is 0 Å². The summed E-state index contributed by atoms with van der Waals surface area (Å²) in [5.41, 5.74) is 3.59. The smallest absolute Gasteiger partial charge is 0.244 e. The van der Waals surface area contributed by atoms with Crippen LogP contribution in [0.25, 0.3) is 17.0 Å². The quantitative estimate of drug-likeness (QED) is 0.428. The van der Waals surface area contributed by atoms with Crippen LogP contribution in [-0.2, 0) is 27.4 Å². The van der Waals surface area contributed by atoms with Crippen molar-refractivity contribution in [3.63, 3.8) is 0 Å². The first-order chi connectivity index (χ1) is 17.6. The van der Waals surface area contributed by atoms with Crippen LogP contribution >= 0.6 is 0 Å². The number of nitrogens with one attached hydrogen (secondary N) is 2. The predicted octanol–water partition coefficient (Wildman–Crippen LogP) is 3.55. The topological polar surface area (TPSA) is 99.4 Å². The average molecular weight is 486 g/mol. The number of carbonyl (C=O) groups excluding carboxylic acids is 2. The third kappa shape index (κ3) is 7.04. The van der Waals surface area contributed by atoms with Crippen LogP contribution in [0.3, 0.4) is 0 Å². The Kier molecular flexibility index (Phi) is 8.87. The van der Waals surface area contributed by atoms with Crippen molar-refractivity contribution in [1.29, 1.82) is 5.26 Å². The Labute approximate surface area is 211 Å². The van der Waals surface area contributed by atoms with Crippen molar-refractivity contribution < 1.29 is 14.3 Å². The minimum absolute atomic E-state index is 0.0282. The molecular formula is C28H31N5O3. The Morgan fingerprint density at radius 3 is 2.75 bits per heavy atom. The molecule has 4 rings (SSSR count). The number of nitriles is 1. The van der Waals surface area contributed by atoms with Gasteiger partial charge in [-0.2, -0.15) is 5.26 Å². The third-order valence-corrected chi connectivity index (χ3v) is 6.13. The molecule has 2 N–H and O–H groups in total. The van der Waals surface area contributed by atoms with Crippen LogP contribution in [0, 0.1) is 11.3 Å². The highest BCUT2D eigenvalue weighted by Crippen LogP contribution is 2.23. The number of benzene rings is 2. The highest BCUT2D eigenvalue weighted by atomic mass is 16.5. The fraction of sp³-hybridized carbons (Fsp3) is 0.321. The van der Waals surface area contributed by atoms with Gasteiger partial charge in [-0.15, -0.1) is 0 Å². The van der Waals surface area contributed by atoms with Crippen LogP contribution < -0.4 is 10.6 Å². The molecule has 8 nitrogen and oxygen atoms in total. The van der Waals surface area contributed by atoms with Gasteiger partial charge in [0.2, 0.25) is 11.8 Å². The van der Waals surface area contributed by atoms with E-state index in [1.165, 1.54) is 6.08 Å². The summed E-state index contributed by atoms with van der Waals surface area (Å²) in [6, 6.07) is 17.6. The van der Waals surface area contributed by atoms with Crippen LogP contribution in [0.5, 0.6) is 0 Å². The van der Waals surface area contributed by atoms with Gasteiger partial charge in [-0.3, -0.25) is 14.5 Å². The van der Waals surface area contributed by atoms with E-state index < -0.39 is 0 Å². The van der Waals surface area contributed by atoms with Crippen molar-refractivity contribution in [2.75, 3.05) is 38.2 Å². The molecule has 1 fully saturated rings. The number of rotatable bonds is 10. The SMILES string of the molecule is N#CCCn1cc(/C=C/C(=O)NCc2cccc(NC(=O)CCN3CCOCC3)c2)c2ccccc21. The monoisotopic (exact) mass is 485 g/mol. The van der Waals surface area contributed by atoms with Gasteiger partial charge in [-0.05, 0) is 29.8 Å². The summed E-state index contributed by atoms with van der Waals surface area (Å²) < 4.78 is 7.38. The minimum atomic E-state index is -0.205. The molecule has 2 aromatic carbocycles. The highest BCUT2D eigenvalue weighted by molar-refractivity contribution is 5.96. The van der Waals surface area contributed by atoms with E-state index in [0.717, 1.165) is 54.0 Å². The molecule has 0 unspecified atom stereocenters. The largest absolute Gasteiger partial charge is 0.379 e. The molecule has 1 aromatic heterocycles. The summed E-state index contributed by atoms with van der Waals surface area (Å²) in [5, 5.41) is 15.8. The molecule has 0 saturated carbocycles. The second-order valence-corrected chi connectivity index (χ2v) is 8.71. The molecule has 36 heavy (non-hydrogen) atoms. The summed E-state index contributed by atoms with van der Waals surface area (Å²) in [4.78, 5) is 27.0. The third-order valence-electron chi connectivity index (χ3n) is 6.13. The lowest BCUT2D eigenvalue weighted by Crippen LogP contribution is -2.38. The zero-order valence-electron chi connectivity index (χ0n) is 20.3. The van der Waals surface area contributed by atoms with Crippen LogP contribution in [0.2, 0.25) is 0 Å². The van der Waals surface area contributed by atoms with Crippen molar-refractivity contribution in [3.05, 3.63) is 71.9 Å². The summed E-state index contributed by atoms with van der Waals surface area (Å²) in [6.07, 6.45) is 6.14. The predicted molar refractivity (Wildman–Crippen MR) is 140 cm³/mol. The standard InChI is InChI=1S/C28H31N5O3/c29-12-4-13-33-21-23(25-7-1-2-8-26(25)33)9-10-27(34)30-20-22-5-3-6-24(19-22)31-28(35)11-14-32-15-17-36-18-16-32/h1-3,5-10,19,21H,4,11,13-18,20H2,(H,30,34)(H,31,35)/b10-9+.